The Labute approximate surface area is 115 Å². The molecule has 3 nitrogen and oxygen atoms in total. The first-order valence-corrected chi connectivity index (χ1v) is 6.38. The molecule has 0 radical (unpaired) electrons. The number of carbonyl (C=O) groups is 1. The number of hydrogen-bond donors (Lipinski definition) is 1. The number of rotatable bonds is 2. The SMILES string of the molecule is N#CC1=C(C(=O)Nc2ccc(Cl)cc2F)CCCC1. The summed E-state index contributed by atoms with van der Waals surface area (Å²) in [5.41, 5.74) is 1.03. The number of carbonyl (C=O) groups excluding carboxylic acids is 1. The van der Waals surface area contributed by atoms with Crippen LogP contribution in [0, 0.1) is 17.1 Å². The molecule has 0 aliphatic heterocycles. The Morgan fingerprint density at radius 3 is 2.79 bits per heavy atom. The molecule has 1 aliphatic rings. The number of anilines is 1. The Hall–Kier alpha value is -1.86. The highest BCUT2D eigenvalue weighted by molar-refractivity contribution is 6.30. The van der Waals surface area contributed by atoms with Crippen LogP contribution in [-0.4, -0.2) is 5.91 Å². The predicted molar refractivity (Wildman–Crippen MR) is 71.1 cm³/mol. The standard InChI is InChI=1S/C14H12ClFN2O/c15-10-5-6-13(12(16)7-10)18-14(19)11-4-2-1-3-9(11)8-17/h5-7H,1-4H2,(H,18,19). The van der Waals surface area contributed by atoms with Crippen molar-refractivity contribution in [3.8, 4) is 6.07 Å². The van der Waals surface area contributed by atoms with E-state index in [-0.39, 0.29) is 10.7 Å². The number of nitriles is 1. The van der Waals surface area contributed by atoms with Gasteiger partial charge in [0.2, 0.25) is 0 Å². The molecule has 0 bridgehead atoms. The fourth-order valence-electron chi connectivity index (χ4n) is 2.07. The molecular formula is C14H12ClFN2O. The molecule has 0 saturated carbocycles. The lowest BCUT2D eigenvalue weighted by atomic mass is 9.92. The van der Waals surface area contributed by atoms with Gasteiger partial charge in [0.05, 0.1) is 11.8 Å². The second-order valence-electron chi connectivity index (χ2n) is 4.35. The van der Waals surface area contributed by atoms with Crippen LogP contribution >= 0.6 is 11.6 Å². The van der Waals surface area contributed by atoms with Gasteiger partial charge in [-0.25, -0.2) is 4.39 Å². The summed E-state index contributed by atoms with van der Waals surface area (Å²) in [6.45, 7) is 0. The maximum atomic E-state index is 13.6. The predicted octanol–water partition coefficient (Wildman–Crippen LogP) is 3.81. The van der Waals surface area contributed by atoms with Gasteiger partial charge in [0, 0.05) is 16.2 Å². The van der Waals surface area contributed by atoms with Crippen molar-refractivity contribution in [3.05, 3.63) is 40.2 Å². The largest absolute Gasteiger partial charge is 0.320 e. The van der Waals surface area contributed by atoms with E-state index < -0.39 is 11.7 Å². The first-order chi connectivity index (χ1) is 9.11. The van der Waals surface area contributed by atoms with E-state index in [1.54, 1.807) is 0 Å². The number of benzene rings is 1. The van der Waals surface area contributed by atoms with E-state index in [4.69, 9.17) is 16.9 Å². The van der Waals surface area contributed by atoms with Gasteiger partial charge in [0.1, 0.15) is 5.82 Å². The zero-order chi connectivity index (χ0) is 13.8. The van der Waals surface area contributed by atoms with Gasteiger partial charge in [-0.1, -0.05) is 11.6 Å². The lowest BCUT2D eigenvalue weighted by molar-refractivity contribution is -0.113. The van der Waals surface area contributed by atoms with E-state index in [2.05, 4.69) is 5.32 Å². The van der Waals surface area contributed by atoms with E-state index in [1.165, 1.54) is 12.1 Å². The molecule has 1 aromatic carbocycles. The zero-order valence-corrected chi connectivity index (χ0v) is 10.9. The van der Waals surface area contributed by atoms with Crippen molar-refractivity contribution in [1.29, 1.82) is 5.26 Å². The first kappa shape index (κ1) is 13.6. The molecule has 5 heteroatoms. The highest BCUT2D eigenvalue weighted by Gasteiger charge is 2.19. The maximum Gasteiger partial charge on any atom is 0.252 e. The molecule has 0 heterocycles. The van der Waals surface area contributed by atoms with E-state index in [1.807, 2.05) is 6.07 Å². The van der Waals surface area contributed by atoms with Gasteiger partial charge < -0.3 is 5.32 Å². The number of hydrogen-bond acceptors (Lipinski definition) is 2. The molecule has 1 aromatic rings. The third-order valence-corrected chi connectivity index (χ3v) is 3.29. The topological polar surface area (TPSA) is 52.9 Å². The molecule has 1 N–H and O–H groups in total. The molecule has 1 amide bonds. The van der Waals surface area contributed by atoms with Gasteiger partial charge >= 0.3 is 0 Å². The van der Waals surface area contributed by atoms with Crippen molar-refractivity contribution in [2.75, 3.05) is 5.32 Å². The molecule has 1 aliphatic carbocycles. The number of nitrogens with one attached hydrogen (secondary N) is 1. The molecule has 0 unspecified atom stereocenters. The van der Waals surface area contributed by atoms with Gasteiger partial charge in [0.25, 0.3) is 5.91 Å². The molecule has 0 spiro atoms. The minimum Gasteiger partial charge on any atom is -0.320 e. The highest BCUT2D eigenvalue weighted by Crippen LogP contribution is 2.26. The van der Waals surface area contributed by atoms with Crippen LogP contribution in [0.5, 0.6) is 0 Å². The van der Waals surface area contributed by atoms with Crippen LogP contribution < -0.4 is 5.32 Å². The average Bonchev–Trinajstić information content (AvgIpc) is 2.41. The lowest BCUT2D eigenvalue weighted by Crippen LogP contribution is -2.18. The Morgan fingerprint density at radius 1 is 1.37 bits per heavy atom. The number of nitrogens with zero attached hydrogens (tertiary/aromatic N) is 1. The van der Waals surface area contributed by atoms with E-state index >= 15 is 0 Å². The van der Waals surface area contributed by atoms with Crippen molar-refractivity contribution in [1.82, 2.24) is 0 Å². The Balaban J connectivity index is 2.21. The van der Waals surface area contributed by atoms with Crippen LogP contribution in [0.1, 0.15) is 25.7 Å². The van der Waals surface area contributed by atoms with E-state index in [0.29, 0.717) is 24.0 Å². The summed E-state index contributed by atoms with van der Waals surface area (Å²) in [4.78, 5) is 12.1. The number of amides is 1. The molecule has 19 heavy (non-hydrogen) atoms. The summed E-state index contributed by atoms with van der Waals surface area (Å²) in [7, 11) is 0. The van der Waals surface area contributed by atoms with Crippen LogP contribution in [0.25, 0.3) is 0 Å². The molecular weight excluding hydrogens is 267 g/mol. The summed E-state index contributed by atoms with van der Waals surface area (Å²) in [5, 5.41) is 11.7. The second-order valence-corrected chi connectivity index (χ2v) is 4.79. The fourth-order valence-corrected chi connectivity index (χ4v) is 2.23. The van der Waals surface area contributed by atoms with Crippen molar-refractivity contribution < 1.29 is 9.18 Å². The zero-order valence-electron chi connectivity index (χ0n) is 10.2. The van der Waals surface area contributed by atoms with Crippen LogP contribution in [0.15, 0.2) is 29.3 Å². The summed E-state index contributed by atoms with van der Waals surface area (Å²) >= 11 is 5.64. The van der Waals surface area contributed by atoms with E-state index in [9.17, 15) is 9.18 Å². The third-order valence-electron chi connectivity index (χ3n) is 3.06. The van der Waals surface area contributed by atoms with Crippen LogP contribution in [0.2, 0.25) is 5.02 Å². The minimum absolute atomic E-state index is 0.0739. The van der Waals surface area contributed by atoms with Crippen LogP contribution in [-0.2, 0) is 4.79 Å². The van der Waals surface area contributed by atoms with Crippen molar-refractivity contribution in [3.63, 3.8) is 0 Å². The first-order valence-electron chi connectivity index (χ1n) is 6.00. The van der Waals surface area contributed by atoms with Gasteiger partial charge in [-0.15, -0.1) is 0 Å². The minimum atomic E-state index is -0.587. The van der Waals surface area contributed by atoms with Crippen molar-refractivity contribution >= 4 is 23.2 Å². The Kier molecular flexibility index (Phi) is 4.18. The van der Waals surface area contributed by atoms with E-state index in [0.717, 1.165) is 18.9 Å². The quantitative estimate of drug-likeness (QED) is 0.894. The average molecular weight is 279 g/mol. The van der Waals surface area contributed by atoms with Gasteiger partial charge in [-0.2, -0.15) is 5.26 Å². The van der Waals surface area contributed by atoms with Crippen molar-refractivity contribution in [2.24, 2.45) is 0 Å². The smallest absolute Gasteiger partial charge is 0.252 e. The lowest BCUT2D eigenvalue weighted by Gasteiger charge is -2.15. The monoisotopic (exact) mass is 278 g/mol. The fraction of sp³-hybridized carbons (Fsp3) is 0.286. The second kappa shape index (κ2) is 5.85. The molecule has 0 aromatic heterocycles. The normalized spacial score (nSPS) is 15.0. The summed E-state index contributed by atoms with van der Waals surface area (Å²) in [6.07, 6.45) is 2.96. The Morgan fingerprint density at radius 2 is 2.11 bits per heavy atom. The maximum absolute atomic E-state index is 13.6. The Bertz CT molecular complexity index is 590. The van der Waals surface area contributed by atoms with Crippen molar-refractivity contribution in [2.45, 2.75) is 25.7 Å². The van der Waals surface area contributed by atoms with Gasteiger partial charge in [0.15, 0.2) is 0 Å². The van der Waals surface area contributed by atoms with Gasteiger partial charge in [-0.3, -0.25) is 4.79 Å². The summed E-state index contributed by atoms with van der Waals surface area (Å²) in [5.74, 6) is -0.992. The molecule has 2 rings (SSSR count). The van der Waals surface area contributed by atoms with Crippen LogP contribution in [0.3, 0.4) is 0 Å². The molecule has 98 valence electrons. The van der Waals surface area contributed by atoms with Crippen LogP contribution in [0.4, 0.5) is 10.1 Å². The summed E-state index contributed by atoms with van der Waals surface area (Å²) in [6, 6.07) is 6.09. The molecule has 0 atom stereocenters. The summed E-state index contributed by atoms with van der Waals surface area (Å²) < 4.78 is 13.6. The number of allylic oxidation sites excluding steroid dienone is 1. The van der Waals surface area contributed by atoms with Gasteiger partial charge in [-0.05, 0) is 43.9 Å². The molecule has 0 fully saturated rings. The third kappa shape index (κ3) is 3.12. The molecule has 0 saturated heterocycles. The number of halogens is 2. The highest BCUT2D eigenvalue weighted by atomic mass is 35.5.